The van der Waals surface area contributed by atoms with Crippen molar-refractivity contribution >= 4 is 21.6 Å². The fourth-order valence-corrected chi connectivity index (χ4v) is 6.45. The van der Waals surface area contributed by atoms with E-state index in [1.807, 2.05) is 36.4 Å². The van der Waals surface area contributed by atoms with Crippen molar-refractivity contribution in [1.82, 2.24) is 19.2 Å². The second-order valence-electron chi connectivity index (χ2n) is 10.1. The van der Waals surface area contributed by atoms with Crippen LogP contribution < -0.4 is 0 Å². The van der Waals surface area contributed by atoms with Gasteiger partial charge in [-0.15, -0.1) is 0 Å². The van der Waals surface area contributed by atoms with E-state index in [-0.39, 0.29) is 11.8 Å². The number of hydrogen-bond acceptors (Lipinski definition) is 6. The van der Waals surface area contributed by atoms with Crippen LogP contribution in [0.15, 0.2) is 54.7 Å². The molecule has 0 amide bonds. The number of aromatic hydroxyl groups is 1. The Morgan fingerprint density at radius 2 is 1.87 bits per heavy atom. The lowest BCUT2D eigenvalue weighted by Gasteiger charge is -2.37. The van der Waals surface area contributed by atoms with Gasteiger partial charge in [0.15, 0.2) is 0 Å². The monoisotopic (exact) mass is 556 g/mol. The minimum atomic E-state index is -3.35. The van der Waals surface area contributed by atoms with Gasteiger partial charge in [0.1, 0.15) is 11.6 Å². The van der Waals surface area contributed by atoms with Crippen LogP contribution in [-0.2, 0) is 29.4 Å². The Balaban J connectivity index is 1.42. The highest BCUT2D eigenvalue weighted by Gasteiger charge is 2.30. The summed E-state index contributed by atoms with van der Waals surface area (Å²) in [5.41, 5.74) is 3.78. The van der Waals surface area contributed by atoms with E-state index in [0.717, 1.165) is 79.9 Å². The lowest BCUT2D eigenvalue weighted by molar-refractivity contribution is 0.156. The molecule has 0 radical (unpaired) electrons. The molecule has 0 unspecified atom stereocenters. The maximum Gasteiger partial charge on any atom is 0.211 e. The van der Waals surface area contributed by atoms with E-state index < -0.39 is 10.0 Å². The predicted molar refractivity (Wildman–Crippen MR) is 153 cm³/mol. The van der Waals surface area contributed by atoms with Crippen LogP contribution in [0, 0.1) is 0 Å². The molecule has 3 aromatic rings. The van der Waals surface area contributed by atoms with E-state index >= 15 is 0 Å². The van der Waals surface area contributed by atoms with E-state index in [4.69, 9.17) is 16.6 Å². The molecule has 0 atom stereocenters. The van der Waals surface area contributed by atoms with Crippen molar-refractivity contribution in [2.75, 3.05) is 25.9 Å². The minimum absolute atomic E-state index is 0.0240. The molecular formula is C29H37ClN4O3S. The number of aromatic nitrogens is 2. The third kappa shape index (κ3) is 7.76. The molecular weight excluding hydrogens is 520 g/mol. The molecule has 1 aliphatic rings. The molecule has 204 valence electrons. The van der Waals surface area contributed by atoms with Crippen LogP contribution in [0.5, 0.6) is 5.75 Å². The quantitative estimate of drug-likeness (QED) is 0.344. The van der Waals surface area contributed by atoms with Crippen molar-refractivity contribution in [2.24, 2.45) is 0 Å². The van der Waals surface area contributed by atoms with Gasteiger partial charge in [0, 0.05) is 30.8 Å². The standard InChI is InChI=1S/C29H37ClN4O3S/c1-3-16-33-17-13-25(14-18-33)34(38(2,36)37)21-23-7-4-8-24(19-23)27-12-15-31-29(32-27)9-5-6-22-10-11-28(35)26(30)20-22/h4,7-8,10-12,15,19-20,25,35H,3,5-6,9,13-14,16-18,21H2,1-2H3. The molecule has 9 heteroatoms. The predicted octanol–water partition coefficient (Wildman–Crippen LogP) is 5.31. The van der Waals surface area contributed by atoms with Gasteiger partial charge < -0.3 is 10.0 Å². The summed E-state index contributed by atoms with van der Waals surface area (Å²) in [6, 6.07) is 15.2. The van der Waals surface area contributed by atoms with Crippen LogP contribution in [0.25, 0.3) is 11.3 Å². The van der Waals surface area contributed by atoms with Crippen LogP contribution in [0.2, 0.25) is 5.02 Å². The van der Waals surface area contributed by atoms with Crippen molar-refractivity contribution in [1.29, 1.82) is 0 Å². The fraction of sp³-hybridized carbons (Fsp3) is 0.448. The maximum atomic E-state index is 12.8. The van der Waals surface area contributed by atoms with Gasteiger partial charge in [-0.1, -0.05) is 42.8 Å². The van der Waals surface area contributed by atoms with Crippen molar-refractivity contribution in [3.8, 4) is 17.0 Å². The average molecular weight is 557 g/mol. The van der Waals surface area contributed by atoms with E-state index in [2.05, 4.69) is 16.8 Å². The van der Waals surface area contributed by atoms with Gasteiger partial charge in [0.25, 0.3) is 0 Å². The number of phenols is 1. The summed E-state index contributed by atoms with van der Waals surface area (Å²) in [6.07, 6.45) is 8.30. The van der Waals surface area contributed by atoms with Gasteiger partial charge in [-0.2, -0.15) is 4.31 Å². The number of aryl methyl sites for hydroxylation is 2. The largest absolute Gasteiger partial charge is 0.506 e. The van der Waals surface area contributed by atoms with Gasteiger partial charge in [-0.05, 0) is 87.1 Å². The van der Waals surface area contributed by atoms with Crippen LogP contribution in [0.1, 0.15) is 49.6 Å². The molecule has 0 saturated carbocycles. The molecule has 4 rings (SSSR count). The topological polar surface area (TPSA) is 86.6 Å². The molecule has 7 nitrogen and oxygen atoms in total. The lowest BCUT2D eigenvalue weighted by Crippen LogP contribution is -2.46. The van der Waals surface area contributed by atoms with Crippen LogP contribution >= 0.6 is 11.6 Å². The Labute approximate surface area is 231 Å². The number of benzene rings is 2. The zero-order valence-corrected chi connectivity index (χ0v) is 23.8. The first kappa shape index (κ1) is 28.5. The zero-order valence-electron chi connectivity index (χ0n) is 22.2. The summed E-state index contributed by atoms with van der Waals surface area (Å²) in [6.45, 7) is 5.48. The van der Waals surface area contributed by atoms with Gasteiger partial charge in [-0.3, -0.25) is 0 Å². The number of likely N-dealkylation sites (tertiary alicyclic amines) is 1. The summed E-state index contributed by atoms with van der Waals surface area (Å²) in [7, 11) is -3.35. The Bertz CT molecular complexity index is 1330. The Morgan fingerprint density at radius 3 is 2.58 bits per heavy atom. The van der Waals surface area contributed by atoms with Crippen molar-refractivity contribution in [3.05, 3.63) is 76.7 Å². The smallest absolute Gasteiger partial charge is 0.211 e. The van der Waals surface area contributed by atoms with Crippen LogP contribution in [-0.4, -0.2) is 64.6 Å². The summed E-state index contributed by atoms with van der Waals surface area (Å²) in [4.78, 5) is 11.6. The number of sulfonamides is 1. The highest BCUT2D eigenvalue weighted by molar-refractivity contribution is 7.88. The molecule has 1 N–H and O–H groups in total. The maximum absolute atomic E-state index is 12.8. The zero-order chi connectivity index (χ0) is 27.1. The summed E-state index contributed by atoms with van der Waals surface area (Å²) in [5.74, 6) is 0.847. The highest BCUT2D eigenvalue weighted by atomic mass is 35.5. The number of phenolic OH excluding ortho intramolecular Hbond substituents is 1. The number of halogens is 1. The molecule has 1 aliphatic heterocycles. The first-order valence-electron chi connectivity index (χ1n) is 13.3. The molecule has 0 aliphatic carbocycles. The first-order chi connectivity index (χ1) is 18.2. The molecule has 1 saturated heterocycles. The normalized spacial score (nSPS) is 15.3. The van der Waals surface area contributed by atoms with E-state index in [9.17, 15) is 13.5 Å². The van der Waals surface area contributed by atoms with Crippen LogP contribution in [0.4, 0.5) is 0 Å². The molecule has 0 bridgehead atoms. The number of rotatable bonds is 11. The fourth-order valence-electron chi connectivity index (χ4n) is 5.11. The van der Waals surface area contributed by atoms with E-state index in [1.54, 1.807) is 22.6 Å². The molecule has 1 fully saturated rings. The SMILES string of the molecule is CCCN1CCC(N(Cc2cccc(-c3ccnc(CCCc4ccc(O)c(Cl)c4)n3)c2)S(C)(=O)=O)CC1. The van der Waals surface area contributed by atoms with Gasteiger partial charge >= 0.3 is 0 Å². The second-order valence-corrected chi connectivity index (χ2v) is 12.4. The third-order valence-electron chi connectivity index (χ3n) is 7.07. The van der Waals surface area contributed by atoms with E-state index in [1.165, 1.54) is 6.26 Å². The number of nitrogens with zero attached hydrogens (tertiary/aromatic N) is 4. The molecule has 1 aromatic heterocycles. The lowest BCUT2D eigenvalue weighted by atomic mass is 10.0. The molecule has 2 heterocycles. The van der Waals surface area contributed by atoms with Crippen molar-refractivity contribution in [3.63, 3.8) is 0 Å². The Kier molecular flexibility index (Phi) is 9.76. The Morgan fingerprint density at radius 1 is 1.08 bits per heavy atom. The molecule has 0 spiro atoms. The second kappa shape index (κ2) is 13.0. The summed E-state index contributed by atoms with van der Waals surface area (Å²) >= 11 is 6.02. The van der Waals surface area contributed by atoms with Crippen molar-refractivity contribution in [2.45, 2.75) is 58.0 Å². The van der Waals surface area contributed by atoms with Gasteiger partial charge in [0.2, 0.25) is 10.0 Å². The molecule has 2 aromatic carbocycles. The van der Waals surface area contributed by atoms with Crippen LogP contribution in [0.3, 0.4) is 0 Å². The third-order valence-corrected chi connectivity index (χ3v) is 8.66. The molecule has 38 heavy (non-hydrogen) atoms. The number of piperidine rings is 1. The van der Waals surface area contributed by atoms with Gasteiger partial charge in [-0.25, -0.2) is 18.4 Å². The van der Waals surface area contributed by atoms with E-state index in [0.29, 0.717) is 18.0 Å². The highest BCUT2D eigenvalue weighted by Crippen LogP contribution is 2.26. The first-order valence-corrected chi connectivity index (χ1v) is 15.5. The minimum Gasteiger partial charge on any atom is -0.506 e. The number of hydrogen-bond donors (Lipinski definition) is 1. The van der Waals surface area contributed by atoms with Crippen molar-refractivity contribution < 1.29 is 13.5 Å². The van der Waals surface area contributed by atoms with Gasteiger partial charge in [0.05, 0.1) is 17.0 Å². The summed E-state index contributed by atoms with van der Waals surface area (Å²) < 4.78 is 27.2. The average Bonchev–Trinajstić information content (AvgIpc) is 2.90. The summed E-state index contributed by atoms with van der Waals surface area (Å²) in [5, 5.41) is 9.96. The Hall–Kier alpha value is -2.52.